The van der Waals surface area contributed by atoms with Crippen molar-refractivity contribution in [2.45, 2.75) is 11.3 Å². The number of rotatable bonds is 2. The molecule has 0 saturated carbocycles. The predicted octanol–water partition coefficient (Wildman–Crippen LogP) is 3.50. The number of fused-ring (bicyclic) bond motifs is 4. The fourth-order valence-corrected chi connectivity index (χ4v) is 3.97. The Morgan fingerprint density at radius 3 is 2.90 bits per heavy atom. The fraction of sp³-hybridized carbons (Fsp3) is 0.200. The molecule has 1 aliphatic rings. The Morgan fingerprint density at radius 1 is 1.17 bits per heavy atom. The molecule has 1 atom stereocenters. The summed E-state index contributed by atoms with van der Waals surface area (Å²) in [5.74, 6) is 0.668. The van der Waals surface area contributed by atoms with Crippen LogP contribution in [-0.4, -0.2) is 34.3 Å². The van der Waals surface area contributed by atoms with Gasteiger partial charge in [0.15, 0.2) is 0 Å². The Balaban J connectivity index is 1.72. The molecule has 2 heterocycles. The summed E-state index contributed by atoms with van der Waals surface area (Å²) < 4.78 is 29.6. The van der Waals surface area contributed by atoms with Crippen molar-refractivity contribution < 1.29 is 8.60 Å². The molecule has 1 unspecified atom stereocenters. The molecule has 150 valence electrons. The van der Waals surface area contributed by atoms with Crippen LogP contribution in [0, 0.1) is 5.82 Å². The topological polar surface area (TPSA) is 91.0 Å². The zero-order chi connectivity index (χ0) is 20.2. The minimum Gasteiger partial charge on any atom is -0.386 e. The van der Waals surface area contributed by atoms with Crippen LogP contribution in [0.25, 0.3) is 11.1 Å². The highest BCUT2D eigenvalue weighted by Crippen LogP contribution is 2.30. The van der Waals surface area contributed by atoms with Gasteiger partial charge in [0.2, 0.25) is 5.95 Å². The van der Waals surface area contributed by atoms with Crippen LogP contribution in [0.2, 0.25) is 0 Å². The molecule has 4 N–H and O–H groups in total. The zero-order valence-corrected chi connectivity index (χ0v) is 16.6. The maximum Gasteiger partial charge on any atom is 0.229 e. The Kier molecular flexibility index (Phi) is 5.68. The van der Waals surface area contributed by atoms with E-state index in [9.17, 15) is 8.60 Å². The van der Waals surface area contributed by atoms with E-state index in [0.29, 0.717) is 46.6 Å². The smallest absolute Gasteiger partial charge is 0.229 e. The van der Waals surface area contributed by atoms with Crippen LogP contribution >= 0.6 is 0 Å². The Morgan fingerprint density at radius 2 is 2.07 bits per heavy atom. The highest BCUT2D eigenvalue weighted by atomic mass is 32.2. The molecule has 29 heavy (non-hydrogen) atoms. The van der Waals surface area contributed by atoms with E-state index in [0.717, 1.165) is 12.1 Å². The molecule has 4 rings (SSSR count). The van der Waals surface area contributed by atoms with Gasteiger partial charge in [-0.25, -0.2) is 18.3 Å². The first-order chi connectivity index (χ1) is 14.1. The summed E-state index contributed by atoms with van der Waals surface area (Å²) in [4.78, 5) is 9.66. The van der Waals surface area contributed by atoms with E-state index in [4.69, 9.17) is 0 Å². The van der Waals surface area contributed by atoms with Crippen LogP contribution in [0.15, 0.2) is 53.6 Å². The molecule has 1 aliphatic heterocycles. The van der Waals surface area contributed by atoms with E-state index >= 15 is 0 Å². The number of anilines is 4. The average Bonchev–Trinajstić information content (AvgIpc) is 2.73. The van der Waals surface area contributed by atoms with Crippen molar-refractivity contribution in [2.24, 2.45) is 0 Å². The monoisotopic (exact) mass is 412 g/mol. The lowest BCUT2D eigenvalue weighted by Gasteiger charge is -2.14. The first-order valence-electron chi connectivity index (χ1n) is 9.25. The van der Waals surface area contributed by atoms with Crippen molar-refractivity contribution in [2.75, 3.05) is 36.1 Å². The molecule has 4 bridgehead atoms. The maximum absolute atomic E-state index is 14.3. The maximum atomic E-state index is 14.3. The van der Waals surface area contributed by atoms with Gasteiger partial charge >= 0.3 is 0 Å². The summed E-state index contributed by atoms with van der Waals surface area (Å²) in [6, 6.07) is 12.3. The Hall–Kier alpha value is -3.04. The molecule has 2 aromatic carbocycles. The van der Waals surface area contributed by atoms with Crippen molar-refractivity contribution >= 4 is 34.1 Å². The largest absolute Gasteiger partial charge is 0.386 e. The average molecular weight is 412 g/mol. The number of hydrogen-bond donors (Lipinski definition) is 4. The number of aromatic nitrogens is 2. The normalized spacial score (nSPS) is 16.4. The summed E-state index contributed by atoms with van der Waals surface area (Å²) >= 11 is 0. The van der Waals surface area contributed by atoms with Gasteiger partial charge < -0.3 is 16.0 Å². The van der Waals surface area contributed by atoms with Gasteiger partial charge in [-0.3, -0.25) is 0 Å². The van der Waals surface area contributed by atoms with Crippen molar-refractivity contribution in [1.29, 1.82) is 0 Å². The highest BCUT2D eigenvalue weighted by Gasteiger charge is 2.13. The van der Waals surface area contributed by atoms with Crippen molar-refractivity contribution in [3.05, 3.63) is 54.5 Å². The zero-order valence-electron chi connectivity index (χ0n) is 15.8. The molecule has 0 amide bonds. The first kappa shape index (κ1) is 19.3. The molecule has 0 spiro atoms. The van der Waals surface area contributed by atoms with Gasteiger partial charge in [0.25, 0.3) is 0 Å². The van der Waals surface area contributed by atoms with E-state index < -0.39 is 11.0 Å². The van der Waals surface area contributed by atoms with Crippen LogP contribution in [0.1, 0.15) is 6.42 Å². The van der Waals surface area contributed by atoms with Gasteiger partial charge in [0.1, 0.15) is 22.6 Å². The summed E-state index contributed by atoms with van der Waals surface area (Å²) in [6.45, 7) is 1.19. The summed E-state index contributed by atoms with van der Waals surface area (Å²) in [6.07, 6.45) is 2.41. The lowest BCUT2D eigenvalue weighted by molar-refractivity contribution is 0.632. The second-order valence-electron chi connectivity index (χ2n) is 6.50. The van der Waals surface area contributed by atoms with Crippen LogP contribution in [0.5, 0.6) is 0 Å². The molecule has 0 saturated heterocycles. The second-order valence-corrected chi connectivity index (χ2v) is 7.79. The molecular formula is C20H21FN6OS. The number of benzene rings is 2. The molecule has 0 fully saturated rings. The third kappa shape index (κ3) is 4.36. The van der Waals surface area contributed by atoms with Crippen molar-refractivity contribution in [3.63, 3.8) is 0 Å². The second kappa shape index (κ2) is 8.54. The van der Waals surface area contributed by atoms with Gasteiger partial charge in [-0.1, -0.05) is 12.1 Å². The van der Waals surface area contributed by atoms with E-state index in [1.165, 1.54) is 6.07 Å². The van der Waals surface area contributed by atoms with Gasteiger partial charge in [0, 0.05) is 37.6 Å². The Labute approximate surface area is 170 Å². The van der Waals surface area contributed by atoms with Crippen molar-refractivity contribution in [3.8, 4) is 11.1 Å². The van der Waals surface area contributed by atoms with E-state index in [1.807, 2.05) is 24.3 Å². The number of nitrogens with zero attached hydrogens (tertiary/aromatic N) is 2. The minimum atomic E-state index is -1.28. The van der Waals surface area contributed by atoms with Crippen molar-refractivity contribution in [1.82, 2.24) is 14.7 Å². The van der Waals surface area contributed by atoms with Gasteiger partial charge in [-0.2, -0.15) is 4.98 Å². The SMILES string of the molecule is CNc1ccc(-c2cnc3nc2NCCCNS(=O)c2cccc(c2)N3)cc1F. The summed E-state index contributed by atoms with van der Waals surface area (Å²) in [5, 5.41) is 9.25. The number of hydrogen-bond acceptors (Lipinski definition) is 6. The molecule has 9 heteroatoms. The first-order valence-corrected chi connectivity index (χ1v) is 10.4. The van der Waals surface area contributed by atoms with Crippen LogP contribution in [-0.2, 0) is 11.0 Å². The van der Waals surface area contributed by atoms with E-state index in [1.54, 1.807) is 25.4 Å². The summed E-state index contributed by atoms with van der Waals surface area (Å²) in [5.41, 5.74) is 2.55. The lowest BCUT2D eigenvalue weighted by atomic mass is 10.1. The van der Waals surface area contributed by atoms with Crippen LogP contribution in [0.3, 0.4) is 0 Å². The fourth-order valence-electron chi connectivity index (χ4n) is 3.04. The van der Waals surface area contributed by atoms with Gasteiger partial charge in [-0.15, -0.1) is 0 Å². The molecule has 3 aromatic rings. The summed E-state index contributed by atoms with van der Waals surface area (Å²) in [7, 11) is 0.393. The minimum absolute atomic E-state index is 0.340. The Bertz CT molecular complexity index is 1060. The molecule has 0 aliphatic carbocycles. The van der Waals surface area contributed by atoms with E-state index in [-0.39, 0.29) is 5.82 Å². The quantitative estimate of drug-likeness (QED) is 0.515. The molecule has 1 aromatic heterocycles. The number of halogens is 1. The molecule has 7 nitrogen and oxygen atoms in total. The van der Waals surface area contributed by atoms with Gasteiger partial charge in [0.05, 0.1) is 10.6 Å². The number of nitrogens with one attached hydrogen (secondary N) is 4. The molecule has 0 radical (unpaired) electrons. The van der Waals surface area contributed by atoms with Crippen LogP contribution in [0.4, 0.5) is 27.5 Å². The standard InChI is InChI=1S/C20H21FN6OS/c1-22-18-7-6-13(10-17(18)21)16-12-24-20-26-14-4-2-5-15(11-14)29(28)25-9-3-8-23-19(16)27-20/h2,4-7,10-12,22,25H,3,8-9H2,1H3,(H2,23,24,26,27). The highest BCUT2D eigenvalue weighted by molar-refractivity contribution is 7.83. The van der Waals surface area contributed by atoms with E-state index in [2.05, 4.69) is 30.6 Å². The third-order valence-electron chi connectivity index (χ3n) is 4.52. The van der Waals surface area contributed by atoms with Gasteiger partial charge in [-0.05, 0) is 42.3 Å². The van der Waals surface area contributed by atoms with Crippen LogP contribution < -0.4 is 20.7 Å². The predicted molar refractivity (Wildman–Crippen MR) is 114 cm³/mol. The lowest BCUT2D eigenvalue weighted by Crippen LogP contribution is -2.20. The molecular weight excluding hydrogens is 391 g/mol. The third-order valence-corrected chi connectivity index (χ3v) is 5.67.